The fourth-order valence-electron chi connectivity index (χ4n) is 4.18. The van der Waals surface area contributed by atoms with Gasteiger partial charge in [0.25, 0.3) is 0 Å². The molecule has 0 aliphatic heterocycles. The molecule has 0 aliphatic rings. The Labute approximate surface area is 238 Å². The lowest BCUT2D eigenvalue weighted by molar-refractivity contribution is 0.250. The molecule has 0 atom stereocenters. The Morgan fingerprint density at radius 1 is 0.744 bits per heavy atom. The van der Waals surface area contributed by atoms with Gasteiger partial charge in [-0.1, -0.05) is 88.4 Å². The van der Waals surface area contributed by atoms with Crippen molar-refractivity contribution in [2.75, 3.05) is 6.54 Å². The molecule has 5 nitrogen and oxygen atoms in total. The number of nitrogens with zero attached hydrogens (tertiary/aromatic N) is 4. The van der Waals surface area contributed by atoms with E-state index in [0.29, 0.717) is 13.1 Å². The van der Waals surface area contributed by atoms with Crippen LogP contribution in [0, 0.1) is 11.8 Å². The topological polar surface area (TPSA) is 43.2 Å². The maximum Gasteiger partial charge on any atom is 0.147 e. The first-order valence-electron chi connectivity index (χ1n) is 12.9. The summed E-state index contributed by atoms with van der Waals surface area (Å²) in [7, 11) is 0. The quantitative estimate of drug-likeness (QED) is 0.166. The van der Waals surface area contributed by atoms with Crippen molar-refractivity contribution in [1.82, 2.24) is 19.7 Å². The molecule has 194 valence electrons. The van der Waals surface area contributed by atoms with Gasteiger partial charge in [-0.2, -0.15) is 0 Å². The third-order valence-corrected chi connectivity index (χ3v) is 6.78. The second-order valence-electron chi connectivity index (χ2n) is 9.19. The van der Waals surface area contributed by atoms with Crippen LogP contribution in [0.25, 0.3) is 0 Å². The minimum absolute atomic E-state index is 0.545. The maximum absolute atomic E-state index is 5.97. The largest absolute Gasteiger partial charge is 0.457 e. The summed E-state index contributed by atoms with van der Waals surface area (Å²) in [6.07, 6.45) is 2.70. The van der Waals surface area contributed by atoms with Crippen molar-refractivity contribution in [2.45, 2.75) is 26.1 Å². The van der Waals surface area contributed by atoms with Gasteiger partial charge in [0, 0.05) is 23.1 Å². The molecule has 0 saturated heterocycles. The second kappa shape index (κ2) is 13.6. The van der Waals surface area contributed by atoms with E-state index in [9.17, 15) is 0 Å². The summed E-state index contributed by atoms with van der Waals surface area (Å²) in [5, 5.41) is 8.61. The van der Waals surface area contributed by atoms with Crippen LogP contribution in [0.3, 0.4) is 0 Å². The van der Waals surface area contributed by atoms with Gasteiger partial charge in [0.15, 0.2) is 0 Å². The van der Waals surface area contributed by atoms with E-state index in [-0.39, 0.29) is 0 Å². The van der Waals surface area contributed by atoms with E-state index in [2.05, 4.69) is 79.3 Å². The second-order valence-corrected chi connectivity index (χ2v) is 10.1. The Morgan fingerprint density at radius 2 is 1.41 bits per heavy atom. The molecule has 0 amide bonds. The predicted octanol–water partition coefficient (Wildman–Crippen LogP) is 7.13. The van der Waals surface area contributed by atoms with Crippen LogP contribution in [0.15, 0.2) is 120 Å². The summed E-state index contributed by atoms with van der Waals surface area (Å²) in [5.41, 5.74) is 3.51. The van der Waals surface area contributed by atoms with Crippen molar-refractivity contribution in [3.8, 4) is 23.3 Å². The van der Waals surface area contributed by atoms with Gasteiger partial charge in [0.1, 0.15) is 23.7 Å². The lowest BCUT2D eigenvalue weighted by Crippen LogP contribution is -2.27. The fraction of sp³-hybridized carbons (Fsp3) is 0.152. The highest BCUT2D eigenvalue weighted by atomic mass is 79.9. The highest BCUT2D eigenvalue weighted by molar-refractivity contribution is 9.10. The van der Waals surface area contributed by atoms with E-state index in [1.54, 1.807) is 6.33 Å². The number of benzene rings is 4. The zero-order chi connectivity index (χ0) is 26.7. The van der Waals surface area contributed by atoms with Crippen molar-refractivity contribution in [3.05, 3.63) is 143 Å². The van der Waals surface area contributed by atoms with Gasteiger partial charge < -0.3 is 9.30 Å². The van der Waals surface area contributed by atoms with Crippen molar-refractivity contribution in [3.63, 3.8) is 0 Å². The first kappa shape index (κ1) is 26.4. The summed E-state index contributed by atoms with van der Waals surface area (Å²) < 4.78 is 9.09. The van der Waals surface area contributed by atoms with E-state index < -0.39 is 0 Å². The highest BCUT2D eigenvalue weighted by Crippen LogP contribution is 2.22. The van der Waals surface area contributed by atoms with Gasteiger partial charge in [-0.05, 0) is 66.1 Å². The van der Waals surface area contributed by atoms with Crippen molar-refractivity contribution < 1.29 is 4.74 Å². The molecule has 0 aliphatic carbocycles. The molecule has 6 heteroatoms. The predicted molar refractivity (Wildman–Crippen MR) is 158 cm³/mol. The summed E-state index contributed by atoms with van der Waals surface area (Å²) >= 11 is 3.53. The van der Waals surface area contributed by atoms with Gasteiger partial charge in [-0.15, -0.1) is 10.2 Å². The molecule has 0 fully saturated rings. The summed E-state index contributed by atoms with van der Waals surface area (Å²) in [6, 6.07) is 36.7. The SMILES string of the molecule is Brc1ccc(CCN(Cc2ccc(Oc3ccccc3)cc2)Cc2nncn2CC#Cc2ccccc2)cc1. The van der Waals surface area contributed by atoms with Gasteiger partial charge in [0.2, 0.25) is 0 Å². The van der Waals surface area contributed by atoms with Gasteiger partial charge in [-0.25, -0.2) is 0 Å². The Morgan fingerprint density at radius 3 is 2.15 bits per heavy atom. The molecular weight excluding hydrogens is 548 g/mol. The Balaban J connectivity index is 1.28. The third kappa shape index (κ3) is 8.15. The average molecular weight is 578 g/mol. The summed E-state index contributed by atoms with van der Waals surface area (Å²) in [4.78, 5) is 2.40. The number of hydrogen-bond donors (Lipinski definition) is 0. The average Bonchev–Trinajstić information content (AvgIpc) is 3.41. The van der Waals surface area contributed by atoms with Crippen LogP contribution in [-0.4, -0.2) is 26.2 Å². The molecule has 0 unspecified atom stereocenters. The van der Waals surface area contributed by atoms with Crippen LogP contribution >= 0.6 is 15.9 Å². The van der Waals surface area contributed by atoms with Crippen molar-refractivity contribution >= 4 is 15.9 Å². The Hall–Kier alpha value is -4.18. The van der Waals surface area contributed by atoms with Crippen molar-refractivity contribution in [1.29, 1.82) is 0 Å². The molecule has 0 bridgehead atoms. The van der Waals surface area contributed by atoms with E-state index in [1.165, 1.54) is 11.1 Å². The molecule has 4 aromatic carbocycles. The molecule has 5 aromatic rings. The summed E-state index contributed by atoms with van der Waals surface area (Å²) in [5.74, 6) is 9.03. The van der Waals surface area contributed by atoms with Crippen molar-refractivity contribution in [2.24, 2.45) is 0 Å². The Bertz CT molecular complexity index is 1510. The molecule has 0 radical (unpaired) electrons. The molecule has 1 heterocycles. The van der Waals surface area contributed by atoms with Crippen LogP contribution in [0.4, 0.5) is 0 Å². The zero-order valence-electron chi connectivity index (χ0n) is 21.6. The molecule has 1 aromatic heterocycles. The van der Waals surface area contributed by atoms with E-state index in [4.69, 9.17) is 4.74 Å². The van der Waals surface area contributed by atoms with Gasteiger partial charge in [0.05, 0.1) is 13.1 Å². The minimum atomic E-state index is 0.545. The molecule has 0 spiro atoms. The molecular formula is C33H29BrN4O. The number of hydrogen-bond acceptors (Lipinski definition) is 4. The maximum atomic E-state index is 5.97. The summed E-state index contributed by atoms with van der Waals surface area (Å²) in [6.45, 7) is 2.88. The normalized spacial score (nSPS) is 10.7. The van der Waals surface area contributed by atoms with Crippen LogP contribution in [-0.2, 0) is 26.1 Å². The van der Waals surface area contributed by atoms with Crippen LogP contribution in [0.1, 0.15) is 22.5 Å². The first-order valence-corrected chi connectivity index (χ1v) is 13.7. The van der Waals surface area contributed by atoms with Gasteiger partial charge in [-0.3, -0.25) is 4.90 Å². The minimum Gasteiger partial charge on any atom is -0.457 e. The first-order chi connectivity index (χ1) is 19.2. The third-order valence-electron chi connectivity index (χ3n) is 6.26. The number of halogens is 1. The van der Waals surface area contributed by atoms with E-state index in [0.717, 1.165) is 46.9 Å². The monoisotopic (exact) mass is 576 g/mol. The van der Waals surface area contributed by atoms with Crippen LogP contribution in [0.5, 0.6) is 11.5 Å². The number of aromatic nitrogens is 3. The zero-order valence-corrected chi connectivity index (χ0v) is 23.2. The lowest BCUT2D eigenvalue weighted by Gasteiger charge is -2.22. The highest BCUT2D eigenvalue weighted by Gasteiger charge is 2.13. The fourth-order valence-corrected chi connectivity index (χ4v) is 4.44. The van der Waals surface area contributed by atoms with E-state index >= 15 is 0 Å². The molecule has 39 heavy (non-hydrogen) atoms. The molecule has 5 rings (SSSR count). The molecule has 0 N–H and O–H groups in total. The van der Waals surface area contributed by atoms with Crippen LogP contribution < -0.4 is 4.74 Å². The molecule has 0 saturated carbocycles. The smallest absolute Gasteiger partial charge is 0.147 e. The van der Waals surface area contributed by atoms with E-state index in [1.807, 2.05) is 77.4 Å². The lowest BCUT2D eigenvalue weighted by atomic mass is 10.1. The van der Waals surface area contributed by atoms with Gasteiger partial charge >= 0.3 is 0 Å². The number of para-hydroxylation sites is 1. The number of rotatable bonds is 10. The Kier molecular flexibility index (Phi) is 9.19. The number of ether oxygens (including phenoxy) is 1. The standard InChI is InChI=1S/C33H29BrN4O/c34-30-17-13-28(14-18-30)21-23-37(24-29-15-19-32(20-16-29)39-31-11-5-2-6-12-31)25-33-36-35-26-38(33)22-7-10-27-8-3-1-4-9-27/h1-6,8-9,11-20,26H,21-25H2. The van der Waals surface area contributed by atoms with Crippen LogP contribution in [0.2, 0.25) is 0 Å².